The molecule has 10 heteroatoms. The van der Waals surface area contributed by atoms with Crippen LogP contribution in [0.4, 0.5) is 4.79 Å². The lowest BCUT2D eigenvalue weighted by Gasteiger charge is -2.29. The Morgan fingerprint density at radius 1 is 1.11 bits per heavy atom. The Morgan fingerprint density at radius 2 is 1.81 bits per heavy atom. The maximum atomic E-state index is 13.7. The lowest BCUT2D eigenvalue weighted by atomic mass is 10.0. The van der Waals surface area contributed by atoms with Gasteiger partial charge in [-0.1, -0.05) is 60.1 Å². The van der Waals surface area contributed by atoms with Crippen molar-refractivity contribution < 1.29 is 19.1 Å². The third kappa shape index (κ3) is 5.43. The van der Waals surface area contributed by atoms with Gasteiger partial charge in [-0.15, -0.1) is 0 Å². The molecule has 1 aliphatic heterocycles. The Labute approximate surface area is 218 Å². The van der Waals surface area contributed by atoms with Crippen molar-refractivity contribution in [2.24, 2.45) is 5.92 Å². The molecule has 0 bridgehead atoms. The summed E-state index contributed by atoms with van der Waals surface area (Å²) < 4.78 is 5.69. The summed E-state index contributed by atoms with van der Waals surface area (Å²) in [6.45, 7) is 4.01. The van der Waals surface area contributed by atoms with Gasteiger partial charge in [-0.3, -0.25) is 9.59 Å². The molecular formula is C26H28BrN5O4. The number of aromatic nitrogens is 2. The molecule has 2 heterocycles. The molecule has 2 aromatic carbocycles. The first-order chi connectivity index (χ1) is 17.3. The Hall–Kier alpha value is -3.66. The molecule has 0 radical (unpaired) electrons. The van der Waals surface area contributed by atoms with Crippen LogP contribution in [-0.4, -0.2) is 64.0 Å². The van der Waals surface area contributed by atoms with Crippen molar-refractivity contribution in [3.8, 4) is 11.3 Å². The first-order valence-corrected chi connectivity index (χ1v) is 12.4. The SMILES string of the molecule is COC(=O)NC(C(=O)N1CN(C(=O)c2ccccc2)CC1c1nc(-c2ccc(Br)cc2)c[nH]1)C(C)C. The Bertz CT molecular complexity index is 1230. The molecule has 3 aromatic rings. The number of hydrogen-bond acceptors (Lipinski definition) is 5. The van der Waals surface area contributed by atoms with Crippen LogP contribution < -0.4 is 5.32 Å². The minimum Gasteiger partial charge on any atom is -0.453 e. The van der Waals surface area contributed by atoms with Crippen molar-refractivity contribution in [2.45, 2.75) is 25.9 Å². The molecule has 0 saturated carbocycles. The number of benzene rings is 2. The summed E-state index contributed by atoms with van der Waals surface area (Å²) in [5.41, 5.74) is 2.18. The monoisotopic (exact) mass is 553 g/mol. The van der Waals surface area contributed by atoms with E-state index in [1.54, 1.807) is 40.3 Å². The quantitative estimate of drug-likeness (QED) is 0.475. The van der Waals surface area contributed by atoms with Crippen molar-refractivity contribution >= 4 is 33.8 Å². The second kappa shape index (κ2) is 10.9. The summed E-state index contributed by atoms with van der Waals surface area (Å²) in [5, 5.41) is 2.64. The van der Waals surface area contributed by atoms with Gasteiger partial charge in [0.2, 0.25) is 5.91 Å². The third-order valence-electron chi connectivity index (χ3n) is 6.13. The Balaban J connectivity index is 1.66. The van der Waals surface area contributed by atoms with E-state index in [1.165, 1.54) is 7.11 Å². The molecule has 36 heavy (non-hydrogen) atoms. The molecular weight excluding hydrogens is 526 g/mol. The molecule has 1 fully saturated rings. The minimum absolute atomic E-state index is 0.0671. The zero-order chi connectivity index (χ0) is 25.8. The second-order valence-electron chi connectivity index (χ2n) is 8.89. The van der Waals surface area contributed by atoms with Gasteiger partial charge in [0.15, 0.2) is 0 Å². The molecule has 3 amide bonds. The highest BCUT2D eigenvalue weighted by Crippen LogP contribution is 2.31. The van der Waals surface area contributed by atoms with E-state index in [2.05, 4.69) is 26.2 Å². The first-order valence-electron chi connectivity index (χ1n) is 11.6. The smallest absolute Gasteiger partial charge is 0.407 e. The number of imidazole rings is 1. The van der Waals surface area contributed by atoms with Crippen molar-refractivity contribution in [2.75, 3.05) is 20.3 Å². The van der Waals surface area contributed by atoms with E-state index in [9.17, 15) is 14.4 Å². The number of nitrogens with zero attached hydrogens (tertiary/aromatic N) is 3. The number of carbonyl (C=O) groups is 3. The molecule has 4 rings (SSSR count). The van der Waals surface area contributed by atoms with Crippen LogP contribution in [0.25, 0.3) is 11.3 Å². The van der Waals surface area contributed by atoms with Gasteiger partial charge in [-0.25, -0.2) is 9.78 Å². The normalized spacial score (nSPS) is 16.2. The van der Waals surface area contributed by atoms with Crippen molar-refractivity contribution in [1.29, 1.82) is 0 Å². The van der Waals surface area contributed by atoms with Gasteiger partial charge < -0.3 is 24.8 Å². The molecule has 2 N–H and O–H groups in total. The fourth-order valence-electron chi connectivity index (χ4n) is 4.17. The van der Waals surface area contributed by atoms with Gasteiger partial charge in [0.25, 0.3) is 5.91 Å². The van der Waals surface area contributed by atoms with Crippen LogP contribution in [0.5, 0.6) is 0 Å². The number of methoxy groups -OCH3 is 1. The van der Waals surface area contributed by atoms with Crippen molar-refractivity contribution in [3.63, 3.8) is 0 Å². The Kier molecular flexibility index (Phi) is 7.73. The first kappa shape index (κ1) is 25.4. The predicted molar refractivity (Wildman–Crippen MR) is 138 cm³/mol. The number of carbonyl (C=O) groups excluding carboxylic acids is 3. The standard InChI is InChI=1S/C26H28BrN5O4/c1-16(2)22(30-26(35)36-3)25(34)32-15-31(24(33)18-7-5-4-6-8-18)14-21(32)23-28-13-20(29-23)17-9-11-19(27)12-10-17/h4-13,16,21-22H,14-15H2,1-3H3,(H,28,29)(H,30,35). The highest BCUT2D eigenvalue weighted by Gasteiger charge is 2.42. The number of alkyl carbamates (subject to hydrolysis) is 1. The van der Waals surface area contributed by atoms with Crippen LogP contribution >= 0.6 is 15.9 Å². The van der Waals surface area contributed by atoms with Crippen LogP contribution in [0.3, 0.4) is 0 Å². The molecule has 9 nitrogen and oxygen atoms in total. The van der Waals surface area contributed by atoms with E-state index >= 15 is 0 Å². The van der Waals surface area contributed by atoms with Gasteiger partial charge in [0.05, 0.1) is 26.0 Å². The van der Waals surface area contributed by atoms with Gasteiger partial charge in [-0.05, 0) is 30.2 Å². The third-order valence-corrected chi connectivity index (χ3v) is 6.66. The number of H-pyrrole nitrogens is 1. The zero-order valence-corrected chi connectivity index (χ0v) is 21.9. The van der Waals surface area contributed by atoms with Crippen molar-refractivity contribution in [3.05, 3.63) is 76.7 Å². The van der Waals surface area contributed by atoms with Gasteiger partial charge in [0.1, 0.15) is 17.9 Å². The fraction of sp³-hybridized carbons (Fsp3) is 0.308. The lowest BCUT2D eigenvalue weighted by molar-refractivity contribution is -0.135. The van der Waals surface area contributed by atoms with Crippen LogP contribution in [-0.2, 0) is 9.53 Å². The van der Waals surface area contributed by atoms with Crippen molar-refractivity contribution in [1.82, 2.24) is 25.1 Å². The molecule has 188 valence electrons. The summed E-state index contributed by atoms with van der Waals surface area (Å²) >= 11 is 3.44. The molecule has 2 unspecified atom stereocenters. The molecule has 1 saturated heterocycles. The van der Waals surface area contributed by atoms with Gasteiger partial charge in [0, 0.05) is 21.8 Å². The second-order valence-corrected chi connectivity index (χ2v) is 9.81. The average Bonchev–Trinajstić information content (AvgIpc) is 3.55. The molecule has 2 atom stereocenters. The maximum absolute atomic E-state index is 13.7. The Morgan fingerprint density at radius 3 is 2.44 bits per heavy atom. The van der Waals surface area contributed by atoms with Crippen LogP contribution in [0.1, 0.15) is 36.1 Å². The average molecular weight is 554 g/mol. The number of rotatable bonds is 6. The van der Waals surface area contributed by atoms with E-state index in [1.807, 2.05) is 44.2 Å². The lowest BCUT2D eigenvalue weighted by Crippen LogP contribution is -2.51. The zero-order valence-electron chi connectivity index (χ0n) is 20.3. The summed E-state index contributed by atoms with van der Waals surface area (Å²) in [6, 6.07) is 15.4. The number of aromatic amines is 1. The van der Waals surface area contributed by atoms with E-state index in [0.717, 1.165) is 15.7 Å². The number of hydrogen-bond donors (Lipinski definition) is 2. The molecule has 0 aliphatic carbocycles. The number of amides is 3. The summed E-state index contributed by atoms with van der Waals surface area (Å²) in [4.78, 5) is 50.1. The molecule has 1 aliphatic rings. The number of nitrogens with one attached hydrogen (secondary N) is 2. The summed E-state index contributed by atoms with van der Waals surface area (Å²) in [5.74, 6) is -0.140. The van der Waals surface area contributed by atoms with Crippen LogP contribution in [0.15, 0.2) is 65.3 Å². The predicted octanol–water partition coefficient (Wildman–Crippen LogP) is 4.20. The van der Waals surface area contributed by atoms with Crippen LogP contribution in [0, 0.1) is 5.92 Å². The fourth-order valence-corrected chi connectivity index (χ4v) is 4.43. The van der Waals surface area contributed by atoms with E-state index in [4.69, 9.17) is 9.72 Å². The minimum atomic E-state index is -0.826. The van der Waals surface area contributed by atoms with Gasteiger partial charge in [-0.2, -0.15) is 0 Å². The van der Waals surface area contributed by atoms with E-state index < -0.39 is 18.2 Å². The highest BCUT2D eigenvalue weighted by molar-refractivity contribution is 9.10. The van der Waals surface area contributed by atoms with Crippen LogP contribution in [0.2, 0.25) is 0 Å². The number of ether oxygens (including phenoxy) is 1. The molecule has 0 spiro atoms. The van der Waals surface area contributed by atoms with E-state index in [0.29, 0.717) is 11.4 Å². The number of halogens is 1. The summed E-state index contributed by atoms with van der Waals surface area (Å²) in [6.07, 6.45) is 1.10. The maximum Gasteiger partial charge on any atom is 0.407 e. The van der Waals surface area contributed by atoms with E-state index in [-0.39, 0.29) is 30.9 Å². The van der Waals surface area contributed by atoms with Gasteiger partial charge >= 0.3 is 6.09 Å². The summed E-state index contributed by atoms with van der Waals surface area (Å²) in [7, 11) is 1.25. The topological polar surface area (TPSA) is 108 Å². The highest BCUT2D eigenvalue weighted by atomic mass is 79.9. The molecule has 1 aromatic heterocycles. The largest absolute Gasteiger partial charge is 0.453 e.